The summed E-state index contributed by atoms with van der Waals surface area (Å²) in [5, 5.41) is 0.893. The summed E-state index contributed by atoms with van der Waals surface area (Å²) in [5.41, 5.74) is 1.27. The van der Waals surface area contributed by atoms with E-state index >= 15 is 0 Å². The Morgan fingerprint density at radius 1 is 1.38 bits per heavy atom. The number of rotatable bonds is 4. The maximum absolute atomic E-state index is 4.33. The van der Waals surface area contributed by atoms with E-state index in [-0.39, 0.29) is 0 Å². The minimum atomic E-state index is 0.893. The molecule has 1 aromatic heterocycles. The molecule has 1 aromatic rings. The molecular formula is C10H15BrN2. The number of hydrogen-bond acceptors (Lipinski definition) is 2. The second-order valence-electron chi connectivity index (χ2n) is 2.83. The molecule has 0 aliphatic carbocycles. The lowest BCUT2D eigenvalue weighted by atomic mass is 10.3. The zero-order valence-corrected chi connectivity index (χ0v) is 9.71. The van der Waals surface area contributed by atoms with Crippen LogP contribution in [0.4, 0.5) is 5.82 Å². The van der Waals surface area contributed by atoms with E-state index in [1.165, 1.54) is 5.56 Å². The molecule has 0 aliphatic heterocycles. The molecule has 0 aromatic carbocycles. The van der Waals surface area contributed by atoms with E-state index < -0.39 is 0 Å². The summed E-state index contributed by atoms with van der Waals surface area (Å²) >= 11 is 3.44. The Kier molecular flexibility index (Phi) is 4.22. The number of aromatic nitrogens is 1. The van der Waals surface area contributed by atoms with Crippen LogP contribution in [0.5, 0.6) is 0 Å². The summed E-state index contributed by atoms with van der Waals surface area (Å²) in [6, 6.07) is 4.16. The van der Waals surface area contributed by atoms with Crippen LogP contribution < -0.4 is 4.90 Å². The molecule has 0 atom stereocenters. The molecule has 1 heterocycles. The van der Waals surface area contributed by atoms with Gasteiger partial charge in [-0.3, -0.25) is 0 Å². The normalized spacial score (nSPS) is 10.1. The van der Waals surface area contributed by atoms with Crippen molar-refractivity contribution in [2.24, 2.45) is 0 Å². The summed E-state index contributed by atoms with van der Waals surface area (Å²) in [6.45, 7) is 6.31. The summed E-state index contributed by atoms with van der Waals surface area (Å²) in [6.07, 6.45) is 1.87. The van der Waals surface area contributed by atoms with E-state index in [1.807, 2.05) is 12.3 Å². The molecule has 0 radical (unpaired) electrons. The van der Waals surface area contributed by atoms with Crippen molar-refractivity contribution in [1.29, 1.82) is 0 Å². The van der Waals surface area contributed by atoms with E-state index in [4.69, 9.17) is 0 Å². The molecule has 0 N–H and O–H groups in total. The highest BCUT2D eigenvalue weighted by molar-refractivity contribution is 9.08. The van der Waals surface area contributed by atoms with Crippen LogP contribution in [0.3, 0.4) is 0 Å². The SMILES string of the molecule is CCN(CC)c1cc(CBr)ccn1. The zero-order valence-electron chi connectivity index (χ0n) is 8.13. The number of anilines is 1. The van der Waals surface area contributed by atoms with Crippen molar-refractivity contribution in [2.45, 2.75) is 19.2 Å². The second kappa shape index (κ2) is 5.22. The number of alkyl halides is 1. The lowest BCUT2D eigenvalue weighted by Crippen LogP contribution is -2.22. The third-order valence-corrected chi connectivity index (χ3v) is 2.70. The minimum absolute atomic E-state index is 0.893. The number of hydrogen-bond donors (Lipinski definition) is 0. The predicted octanol–water partition coefficient (Wildman–Crippen LogP) is 2.82. The Labute approximate surface area is 88.1 Å². The van der Waals surface area contributed by atoms with Gasteiger partial charge in [0.2, 0.25) is 0 Å². The van der Waals surface area contributed by atoms with Crippen molar-refractivity contribution < 1.29 is 0 Å². The molecule has 0 unspecified atom stereocenters. The van der Waals surface area contributed by atoms with Gasteiger partial charge >= 0.3 is 0 Å². The molecule has 0 saturated heterocycles. The first-order chi connectivity index (χ1) is 6.31. The molecule has 0 amide bonds. The van der Waals surface area contributed by atoms with Gasteiger partial charge in [0, 0.05) is 24.6 Å². The molecule has 0 aliphatic rings. The average molecular weight is 243 g/mol. The third-order valence-electron chi connectivity index (χ3n) is 2.05. The fourth-order valence-corrected chi connectivity index (χ4v) is 1.61. The summed E-state index contributed by atoms with van der Waals surface area (Å²) in [7, 11) is 0. The van der Waals surface area contributed by atoms with E-state index in [1.54, 1.807) is 0 Å². The van der Waals surface area contributed by atoms with Crippen LogP contribution in [0.25, 0.3) is 0 Å². The number of pyridine rings is 1. The minimum Gasteiger partial charge on any atom is -0.357 e. The van der Waals surface area contributed by atoms with Crippen LogP contribution in [-0.4, -0.2) is 18.1 Å². The maximum Gasteiger partial charge on any atom is 0.128 e. The van der Waals surface area contributed by atoms with Crippen LogP contribution >= 0.6 is 15.9 Å². The van der Waals surface area contributed by atoms with Crippen LogP contribution in [0, 0.1) is 0 Å². The monoisotopic (exact) mass is 242 g/mol. The summed E-state index contributed by atoms with van der Waals surface area (Å²) < 4.78 is 0. The first kappa shape index (κ1) is 10.5. The lowest BCUT2D eigenvalue weighted by Gasteiger charge is -2.19. The first-order valence-electron chi connectivity index (χ1n) is 4.57. The lowest BCUT2D eigenvalue weighted by molar-refractivity contribution is 0.845. The molecule has 72 valence electrons. The molecule has 0 bridgehead atoms. The molecule has 0 saturated carbocycles. The van der Waals surface area contributed by atoms with Gasteiger partial charge in [-0.15, -0.1) is 0 Å². The van der Waals surface area contributed by atoms with Gasteiger partial charge in [-0.25, -0.2) is 4.98 Å². The molecular weight excluding hydrogens is 228 g/mol. The smallest absolute Gasteiger partial charge is 0.128 e. The number of nitrogens with zero attached hydrogens (tertiary/aromatic N) is 2. The van der Waals surface area contributed by atoms with Gasteiger partial charge in [0.15, 0.2) is 0 Å². The Hall–Kier alpha value is -0.570. The molecule has 2 nitrogen and oxygen atoms in total. The molecule has 3 heteroatoms. The molecule has 0 spiro atoms. The highest BCUT2D eigenvalue weighted by Crippen LogP contribution is 2.13. The Bertz CT molecular complexity index is 259. The Balaban J connectivity index is 2.86. The molecule has 1 rings (SSSR count). The summed E-state index contributed by atoms with van der Waals surface area (Å²) in [5.74, 6) is 1.07. The van der Waals surface area contributed by atoms with Crippen molar-refractivity contribution in [1.82, 2.24) is 4.98 Å². The fraction of sp³-hybridized carbons (Fsp3) is 0.500. The van der Waals surface area contributed by atoms with Crippen LogP contribution in [0.2, 0.25) is 0 Å². The van der Waals surface area contributed by atoms with Crippen molar-refractivity contribution in [3.05, 3.63) is 23.9 Å². The first-order valence-corrected chi connectivity index (χ1v) is 5.69. The van der Waals surface area contributed by atoms with Gasteiger partial charge in [-0.1, -0.05) is 15.9 Å². The standard InChI is InChI=1S/C10H15BrN2/c1-3-13(4-2)10-7-9(8-11)5-6-12-10/h5-7H,3-4,8H2,1-2H3. The van der Waals surface area contributed by atoms with Crippen molar-refractivity contribution >= 4 is 21.7 Å². The topological polar surface area (TPSA) is 16.1 Å². The quantitative estimate of drug-likeness (QED) is 0.756. The van der Waals surface area contributed by atoms with E-state index in [0.717, 1.165) is 24.2 Å². The third kappa shape index (κ3) is 2.69. The van der Waals surface area contributed by atoms with Gasteiger partial charge in [-0.2, -0.15) is 0 Å². The van der Waals surface area contributed by atoms with Gasteiger partial charge < -0.3 is 4.90 Å². The fourth-order valence-electron chi connectivity index (χ4n) is 1.26. The number of halogens is 1. The van der Waals surface area contributed by atoms with Crippen molar-refractivity contribution in [2.75, 3.05) is 18.0 Å². The summed E-state index contributed by atoms with van der Waals surface area (Å²) in [4.78, 5) is 6.58. The van der Waals surface area contributed by atoms with E-state index in [2.05, 4.69) is 45.7 Å². The molecule has 13 heavy (non-hydrogen) atoms. The average Bonchev–Trinajstić information content (AvgIpc) is 2.20. The van der Waals surface area contributed by atoms with Crippen molar-refractivity contribution in [3.63, 3.8) is 0 Å². The molecule has 0 fully saturated rings. The van der Waals surface area contributed by atoms with Gasteiger partial charge in [0.25, 0.3) is 0 Å². The van der Waals surface area contributed by atoms with Crippen LogP contribution in [-0.2, 0) is 5.33 Å². The van der Waals surface area contributed by atoms with E-state index in [9.17, 15) is 0 Å². The zero-order chi connectivity index (χ0) is 9.68. The Morgan fingerprint density at radius 3 is 2.62 bits per heavy atom. The van der Waals surface area contributed by atoms with Crippen LogP contribution in [0.1, 0.15) is 19.4 Å². The maximum atomic E-state index is 4.33. The largest absolute Gasteiger partial charge is 0.357 e. The highest BCUT2D eigenvalue weighted by atomic mass is 79.9. The highest BCUT2D eigenvalue weighted by Gasteiger charge is 2.02. The second-order valence-corrected chi connectivity index (χ2v) is 3.39. The van der Waals surface area contributed by atoms with E-state index in [0.29, 0.717) is 0 Å². The van der Waals surface area contributed by atoms with Crippen LogP contribution in [0.15, 0.2) is 18.3 Å². The van der Waals surface area contributed by atoms with Gasteiger partial charge in [-0.05, 0) is 31.5 Å². The van der Waals surface area contributed by atoms with Gasteiger partial charge in [0.1, 0.15) is 5.82 Å². The van der Waals surface area contributed by atoms with Gasteiger partial charge in [0.05, 0.1) is 0 Å². The predicted molar refractivity (Wildman–Crippen MR) is 60.4 cm³/mol. The Morgan fingerprint density at radius 2 is 2.08 bits per heavy atom. The van der Waals surface area contributed by atoms with Crippen molar-refractivity contribution in [3.8, 4) is 0 Å².